The van der Waals surface area contributed by atoms with Gasteiger partial charge in [-0.25, -0.2) is 0 Å². The molecule has 0 unspecified atom stereocenters. The maximum atomic E-state index is 2.62. The Morgan fingerprint density at radius 1 is 0.474 bits per heavy atom. The molecule has 4 saturated carbocycles. The van der Waals surface area contributed by atoms with Gasteiger partial charge in [-0.2, -0.15) is 0 Å². The van der Waals surface area contributed by atoms with Gasteiger partial charge in [-0.1, -0.05) is 117 Å². The van der Waals surface area contributed by atoms with Crippen molar-refractivity contribution in [2.75, 3.05) is 4.90 Å². The van der Waals surface area contributed by atoms with Crippen LogP contribution in [0.1, 0.15) is 68.2 Å². The molecule has 14 rings (SSSR count). The summed E-state index contributed by atoms with van der Waals surface area (Å²) < 4.78 is 2.43. The van der Waals surface area contributed by atoms with Crippen LogP contribution in [-0.2, 0) is 10.8 Å². The van der Waals surface area contributed by atoms with E-state index in [1.807, 2.05) is 0 Å². The second-order valence-corrected chi connectivity index (χ2v) is 18.5. The van der Waals surface area contributed by atoms with Crippen LogP contribution in [0.25, 0.3) is 49.7 Å². The Morgan fingerprint density at radius 3 is 1.89 bits per heavy atom. The molecule has 57 heavy (non-hydrogen) atoms. The van der Waals surface area contributed by atoms with Gasteiger partial charge in [0.05, 0.1) is 16.7 Å². The summed E-state index contributed by atoms with van der Waals surface area (Å²) in [6.45, 7) is 4.81. The fourth-order valence-electron chi connectivity index (χ4n) is 13.6. The molecule has 6 aliphatic carbocycles. The zero-order valence-electron chi connectivity index (χ0n) is 32.8. The standard InChI is InChI=1S/C55H46N2/c1-54(2)46-18-9-6-15-41(46)42-25-23-40(33-49(42)54)56(39-24-26-51-45(32-39)43-16-8-11-21-50(43)57(51)38-13-4-3-5-14-38)52-22-12-20-48-53(52)44-17-7-10-19-47(44)55(48)36-28-34-27-35(30-36)31-37(55)29-34/h3-26,32-37H,27-31H2,1-2H3. The predicted octanol–water partition coefficient (Wildman–Crippen LogP) is 14.3. The lowest BCUT2D eigenvalue weighted by molar-refractivity contribution is -0.0399. The van der Waals surface area contributed by atoms with Gasteiger partial charge in [0.1, 0.15) is 0 Å². The smallest absolute Gasteiger partial charge is 0.0543 e. The lowest BCUT2D eigenvalue weighted by Gasteiger charge is -2.61. The Kier molecular flexibility index (Phi) is 6.44. The Hall–Kier alpha value is -5.86. The highest BCUT2D eigenvalue weighted by Gasteiger charge is 2.62. The molecule has 0 aliphatic heterocycles. The number of rotatable bonds is 4. The van der Waals surface area contributed by atoms with Crippen molar-refractivity contribution in [1.82, 2.24) is 4.57 Å². The fraction of sp³-hybridized carbons (Fsp3) is 0.236. The average molecular weight is 735 g/mol. The van der Waals surface area contributed by atoms with Crippen molar-refractivity contribution in [3.05, 3.63) is 180 Å². The summed E-state index contributed by atoms with van der Waals surface area (Å²) in [5.41, 5.74) is 19.0. The second kappa shape index (κ2) is 11.4. The van der Waals surface area contributed by atoms with Crippen molar-refractivity contribution in [2.45, 2.75) is 56.8 Å². The normalized spacial score (nSPS) is 24.2. The van der Waals surface area contributed by atoms with Crippen LogP contribution in [0.2, 0.25) is 0 Å². The van der Waals surface area contributed by atoms with E-state index in [1.54, 1.807) is 11.1 Å². The fourth-order valence-corrected chi connectivity index (χ4v) is 13.6. The Morgan fingerprint density at radius 2 is 1.09 bits per heavy atom. The van der Waals surface area contributed by atoms with Gasteiger partial charge >= 0.3 is 0 Å². The monoisotopic (exact) mass is 734 g/mol. The highest BCUT2D eigenvalue weighted by molar-refractivity contribution is 6.11. The molecule has 276 valence electrons. The lowest BCUT2D eigenvalue weighted by Crippen LogP contribution is -2.55. The molecule has 0 atom stereocenters. The minimum atomic E-state index is -0.101. The van der Waals surface area contributed by atoms with Gasteiger partial charge in [0.2, 0.25) is 0 Å². The molecule has 4 fully saturated rings. The summed E-state index contributed by atoms with van der Waals surface area (Å²) in [6, 6.07) is 60.3. The molecule has 7 aromatic carbocycles. The average Bonchev–Trinajstić information content (AvgIpc) is 3.82. The Labute approximate surface area is 335 Å². The number of aromatic nitrogens is 1. The van der Waals surface area contributed by atoms with E-state index in [9.17, 15) is 0 Å². The molecule has 2 heteroatoms. The van der Waals surface area contributed by atoms with Crippen molar-refractivity contribution in [1.29, 1.82) is 0 Å². The Bertz CT molecular complexity index is 2930. The number of fused-ring (bicyclic) bond motifs is 9. The molecule has 1 aromatic heterocycles. The Balaban J connectivity index is 1.08. The van der Waals surface area contributed by atoms with E-state index in [4.69, 9.17) is 0 Å². The zero-order valence-corrected chi connectivity index (χ0v) is 32.8. The van der Waals surface area contributed by atoms with Crippen LogP contribution in [0.15, 0.2) is 158 Å². The molecule has 0 N–H and O–H groups in total. The largest absolute Gasteiger partial charge is 0.310 e. The number of benzene rings is 7. The first-order chi connectivity index (χ1) is 28.0. The third-order valence-electron chi connectivity index (χ3n) is 15.6. The first kappa shape index (κ1) is 32.2. The molecule has 0 saturated heterocycles. The van der Waals surface area contributed by atoms with E-state index in [0.717, 1.165) is 23.7 Å². The summed E-state index contributed by atoms with van der Waals surface area (Å²) >= 11 is 0. The number of hydrogen-bond donors (Lipinski definition) is 0. The third kappa shape index (κ3) is 4.16. The maximum Gasteiger partial charge on any atom is 0.0543 e. The minimum absolute atomic E-state index is 0.101. The lowest BCUT2D eigenvalue weighted by atomic mass is 9.43. The van der Waals surface area contributed by atoms with Crippen LogP contribution in [-0.4, -0.2) is 4.57 Å². The predicted molar refractivity (Wildman–Crippen MR) is 236 cm³/mol. The highest BCUT2D eigenvalue weighted by Crippen LogP contribution is 2.70. The van der Waals surface area contributed by atoms with Gasteiger partial charge in [0, 0.05) is 44.2 Å². The molecule has 0 radical (unpaired) electrons. The van der Waals surface area contributed by atoms with E-state index in [2.05, 4.69) is 181 Å². The van der Waals surface area contributed by atoms with Crippen LogP contribution >= 0.6 is 0 Å². The van der Waals surface area contributed by atoms with Crippen LogP contribution in [0.4, 0.5) is 17.1 Å². The van der Waals surface area contributed by atoms with Gasteiger partial charge in [0.15, 0.2) is 0 Å². The SMILES string of the molecule is CC1(C)c2ccccc2-c2ccc(N(c3ccc4c(c3)c3ccccc3n4-c3ccccc3)c3cccc4c3-c3ccccc3C43C4CC5CC(C4)CC3C5)cc21. The second-order valence-electron chi connectivity index (χ2n) is 18.5. The summed E-state index contributed by atoms with van der Waals surface area (Å²) in [5.74, 6) is 3.27. The van der Waals surface area contributed by atoms with Gasteiger partial charge < -0.3 is 9.47 Å². The third-order valence-corrected chi connectivity index (χ3v) is 15.6. The molecule has 8 aromatic rings. The van der Waals surface area contributed by atoms with Crippen molar-refractivity contribution in [3.63, 3.8) is 0 Å². The van der Waals surface area contributed by atoms with Crippen LogP contribution in [0.3, 0.4) is 0 Å². The van der Waals surface area contributed by atoms with Crippen LogP contribution in [0.5, 0.6) is 0 Å². The minimum Gasteiger partial charge on any atom is -0.310 e. The van der Waals surface area contributed by atoms with E-state index >= 15 is 0 Å². The van der Waals surface area contributed by atoms with E-state index in [0.29, 0.717) is 0 Å². The topological polar surface area (TPSA) is 8.17 Å². The van der Waals surface area contributed by atoms with Crippen molar-refractivity contribution in [3.8, 4) is 27.9 Å². The number of hydrogen-bond acceptors (Lipinski definition) is 1. The number of nitrogens with zero attached hydrogens (tertiary/aromatic N) is 2. The zero-order chi connectivity index (χ0) is 37.6. The van der Waals surface area contributed by atoms with Gasteiger partial charge in [-0.15, -0.1) is 0 Å². The van der Waals surface area contributed by atoms with Crippen molar-refractivity contribution < 1.29 is 0 Å². The number of anilines is 3. The molecule has 6 aliphatic rings. The summed E-state index contributed by atoms with van der Waals surface area (Å²) in [7, 11) is 0. The first-order valence-corrected chi connectivity index (χ1v) is 21.4. The molecule has 2 nitrogen and oxygen atoms in total. The van der Waals surface area contributed by atoms with Crippen molar-refractivity contribution >= 4 is 38.9 Å². The molecular formula is C55H46N2. The maximum absolute atomic E-state index is 2.62. The number of para-hydroxylation sites is 2. The molecule has 1 spiro atoms. The summed E-state index contributed by atoms with van der Waals surface area (Å²) in [6.07, 6.45) is 7.01. The summed E-state index contributed by atoms with van der Waals surface area (Å²) in [5, 5.41) is 2.55. The quantitative estimate of drug-likeness (QED) is 0.175. The van der Waals surface area contributed by atoms with Crippen molar-refractivity contribution in [2.24, 2.45) is 23.7 Å². The summed E-state index contributed by atoms with van der Waals surface area (Å²) in [4.78, 5) is 2.62. The van der Waals surface area contributed by atoms with Crippen LogP contribution in [0, 0.1) is 23.7 Å². The molecule has 1 heterocycles. The van der Waals surface area contributed by atoms with Gasteiger partial charge in [0.25, 0.3) is 0 Å². The first-order valence-electron chi connectivity index (χ1n) is 21.4. The van der Waals surface area contributed by atoms with E-state index in [1.165, 1.54) is 110 Å². The molecule has 0 amide bonds. The van der Waals surface area contributed by atoms with Crippen LogP contribution < -0.4 is 4.90 Å². The molecular weight excluding hydrogens is 689 g/mol. The van der Waals surface area contributed by atoms with Gasteiger partial charge in [-0.3, -0.25) is 0 Å². The molecule has 4 bridgehead atoms. The van der Waals surface area contributed by atoms with E-state index < -0.39 is 0 Å². The highest BCUT2D eigenvalue weighted by atomic mass is 15.1. The van der Waals surface area contributed by atoms with E-state index in [-0.39, 0.29) is 10.8 Å². The van der Waals surface area contributed by atoms with Gasteiger partial charge in [-0.05, 0) is 149 Å².